The van der Waals surface area contributed by atoms with Crippen LogP contribution in [0.3, 0.4) is 0 Å². The summed E-state index contributed by atoms with van der Waals surface area (Å²) >= 11 is 0. The summed E-state index contributed by atoms with van der Waals surface area (Å²) in [5.74, 6) is -0.271. The number of aromatic nitrogens is 1. The largest absolute Gasteiger partial charge is 0.444 e. The first kappa shape index (κ1) is 10.7. The molecule has 1 N–H and O–H groups in total. The first-order valence-electron chi connectivity index (χ1n) is 5.49. The smallest absolute Gasteiger partial charge is 0.258 e. The van der Waals surface area contributed by atoms with Gasteiger partial charge in [0.05, 0.1) is 16.8 Å². The topological polar surface area (TPSA) is 72.2 Å². The number of amides is 2. The highest BCUT2D eigenvalue weighted by atomic mass is 16.3. The van der Waals surface area contributed by atoms with Crippen molar-refractivity contribution in [1.82, 2.24) is 10.3 Å². The van der Waals surface area contributed by atoms with Crippen LogP contribution < -0.4 is 5.32 Å². The summed E-state index contributed by atoms with van der Waals surface area (Å²) in [7, 11) is 0. The van der Waals surface area contributed by atoms with Gasteiger partial charge >= 0.3 is 0 Å². The van der Waals surface area contributed by atoms with E-state index in [0.29, 0.717) is 17.0 Å². The molecule has 0 unspecified atom stereocenters. The number of carbonyl (C=O) groups is 2. The van der Waals surface area contributed by atoms with Crippen LogP contribution in [-0.2, 0) is 0 Å². The van der Waals surface area contributed by atoms with E-state index in [1.807, 2.05) is 13.8 Å². The number of carbonyl (C=O) groups excluding carboxylic acids is 2. The van der Waals surface area contributed by atoms with Gasteiger partial charge in [-0.2, -0.15) is 0 Å². The molecule has 1 aliphatic rings. The minimum atomic E-state index is -0.375. The van der Waals surface area contributed by atoms with Gasteiger partial charge in [-0.15, -0.1) is 0 Å². The standard InChI is InChI=1S/C13H10N2O3/c1-6-3-9-10(12(17)15-11(9)16)4-8(6)13-14-7(2)5-18-13/h3-5H,1-2H3,(H,15,16,17). The number of nitrogens with zero attached hydrogens (tertiary/aromatic N) is 1. The molecule has 5 nitrogen and oxygen atoms in total. The van der Waals surface area contributed by atoms with Gasteiger partial charge in [0.1, 0.15) is 6.26 Å². The predicted octanol–water partition coefficient (Wildman–Crippen LogP) is 1.84. The van der Waals surface area contributed by atoms with Gasteiger partial charge in [0.2, 0.25) is 5.89 Å². The molecule has 5 heteroatoms. The molecule has 1 aromatic carbocycles. The molecular weight excluding hydrogens is 232 g/mol. The molecule has 3 rings (SSSR count). The van der Waals surface area contributed by atoms with E-state index in [0.717, 1.165) is 16.8 Å². The minimum absolute atomic E-state index is 0.353. The molecule has 1 aromatic heterocycles. The van der Waals surface area contributed by atoms with Crippen LogP contribution in [-0.4, -0.2) is 16.8 Å². The van der Waals surface area contributed by atoms with Gasteiger partial charge in [-0.05, 0) is 31.5 Å². The second kappa shape index (κ2) is 3.53. The summed E-state index contributed by atoms with van der Waals surface area (Å²) in [6, 6.07) is 3.33. The molecule has 2 amide bonds. The lowest BCUT2D eigenvalue weighted by atomic mass is 10.0. The number of hydrogen-bond acceptors (Lipinski definition) is 4. The van der Waals surface area contributed by atoms with E-state index in [1.54, 1.807) is 18.4 Å². The molecule has 0 saturated carbocycles. The van der Waals surface area contributed by atoms with Gasteiger partial charge in [-0.1, -0.05) is 0 Å². The molecule has 0 aliphatic carbocycles. The van der Waals surface area contributed by atoms with Crippen LogP contribution >= 0.6 is 0 Å². The van der Waals surface area contributed by atoms with Crippen molar-refractivity contribution in [3.8, 4) is 11.5 Å². The van der Waals surface area contributed by atoms with Crippen molar-refractivity contribution >= 4 is 11.8 Å². The second-order valence-electron chi connectivity index (χ2n) is 4.29. The summed E-state index contributed by atoms with van der Waals surface area (Å²) < 4.78 is 5.33. The fourth-order valence-electron chi connectivity index (χ4n) is 2.03. The van der Waals surface area contributed by atoms with E-state index in [4.69, 9.17) is 4.42 Å². The first-order valence-corrected chi connectivity index (χ1v) is 5.49. The molecular formula is C13H10N2O3. The average molecular weight is 242 g/mol. The maximum Gasteiger partial charge on any atom is 0.258 e. The van der Waals surface area contributed by atoms with Crippen molar-refractivity contribution in [3.63, 3.8) is 0 Å². The summed E-state index contributed by atoms with van der Waals surface area (Å²) in [6.45, 7) is 3.68. The van der Waals surface area contributed by atoms with Gasteiger partial charge in [-0.25, -0.2) is 4.98 Å². The minimum Gasteiger partial charge on any atom is -0.444 e. The van der Waals surface area contributed by atoms with Crippen LogP contribution in [0.1, 0.15) is 32.0 Å². The molecule has 1 aliphatic heterocycles. The Morgan fingerprint density at radius 3 is 2.33 bits per heavy atom. The monoisotopic (exact) mass is 242 g/mol. The summed E-state index contributed by atoms with van der Waals surface area (Å²) in [5, 5.41) is 2.26. The Balaban J connectivity index is 2.21. The Kier molecular flexibility index (Phi) is 2.10. The van der Waals surface area contributed by atoms with Crippen LogP contribution in [0.4, 0.5) is 0 Å². The molecule has 2 heterocycles. The third-order valence-corrected chi connectivity index (χ3v) is 2.93. The highest BCUT2D eigenvalue weighted by Gasteiger charge is 2.28. The van der Waals surface area contributed by atoms with E-state index in [-0.39, 0.29) is 11.8 Å². The zero-order chi connectivity index (χ0) is 12.9. The highest BCUT2D eigenvalue weighted by molar-refractivity contribution is 6.22. The lowest BCUT2D eigenvalue weighted by Crippen LogP contribution is -2.19. The lowest BCUT2D eigenvalue weighted by molar-refractivity contribution is 0.0879. The van der Waals surface area contributed by atoms with Gasteiger partial charge in [0.25, 0.3) is 11.8 Å². The Morgan fingerprint density at radius 2 is 1.72 bits per heavy atom. The molecule has 0 radical (unpaired) electrons. The quantitative estimate of drug-likeness (QED) is 0.774. The summed E-state index contributed by atoms with van der Waals surface area (Å²) in [6.07, 6.45) is 1.55. The van der Waals surface area contributed by atoms with Crippen molar-refractivity contribution in [2.75, 3.05) is 0 Å². The zero-order valence-corrected chi connectivity index (χ0v) is 9.90. The maximum atomic E-state index is 11.6. The first-order chi connectivity index (χ1) is 8.56. The molecule has 0 spiro atoms. The molecule has 2 aromatic rings. The van der Waals surface area contributed by atoms with Crippen molar-refractivity contribution < 1.29 is 14.0 Å². The maximum absolute atomic E-state index is 11.6. The van der Waals surface area contributed by atoms with Crippen molar-refractivity contribution in [1.29, 1.82) is 0 Å². The molecule has 0 atom stereocenters. The summed E-state index contributed by atoms with van der Waals surface area (Å²) in [5.41, 5.74) is 3.12. The van der Waals surface area contributed by atoms with E-state index in [2.05, 4.69) is 10.3 Å². The van der Waals surface area contributed by atoms with Crippen LogP contribution in [0.5, 0.6) is 0 Å². The average Bonchev–Trinajstić information content (AvgIpc) is 2.84. The van der Waals surface area contributed by atoms with E-state index in [9.17, 15) is 9.59 Å². The number of rotatable bonds is 1. The van der Waals surface area contributed by atoms with Crippen LogP contribution in [0.2, 0.25) is 0 Å². The number of aryl methyl sites for hydroxylation is 2. The van der Waals surface area contributed by atoms with E-state index < -0.39 is 0 Å². The Labute approximate surface area is 103 Å². The number of hydrogen-bond donors (Lipinski definition) is 1. The third-order valence-electron chi connectivity index (χ3n) is 2.93. The summed E-state index contributed by atoms with van der Waals surface area (Å²) in [4.78, 5) is 27.3. The fourth-order valence-corrected chi connectivity index (χ4v) is 2.03. The van der Waals surface area contributed by atoms with Gasteiger partial charge < -0.3 is 4.42 Å². The molecule has 0 bridgehead atoms. The van der Waals surface area contributed by atoms with Crippen LogP contribution in [0.15, 0.2) is 22.8 Å². The van der Waals surface area contributed by atoms with Gasteiger partial charge in [0, 0.05) is 5.56 Å². The second-order valence-corrected chi connectivity index (χ2v) is 4.29. The Morgan fingerprint density at radius 1 is 1.06 bits per heavy atom. The van der Waals surface area contributed by atoms with Crippen LogP contribution in [0, 0.1) is 13.8 Å². The number of benzene rings is 1. The third kappa shape index (κ3) is 1.44. The Bertz CT molecular complexity index is 686. The number of imide groups is 1. The lowest BCUT2D eigenvalue weighted by Gasteiger charge is -2.03. The molecule has 90 valence electrons. The van der Waals surface area contributed by atoms with Crippen molar-refractivity contribution in [3.05, 3.63) is 40.8 Å². The van der Waals surface area contributed by atoms with E-state index in [1.165, 1.54) is 0 Å². The van der Waals surface area contributed by atoms with E-state index >= 15 is 0 Å². The van der Waals surface area contributed by atoms with Crippen molar-refractivity contribution in [2.24, 2.45) is 0 Å². The number of oxazole rings is 1. The highest BCUT2D eigenvalue weighted by Crippen LogP contribution is 2.28. The SMILES string of the molecule is Cc1coc(-c2cc3c(cc2C)C(=O)NC3=O)n1. The van der Waals surface area contributed by atoms with Gasteiger partial charge in [-0.3, -0.25) is 14.9 Å². The number of fused-ring (bicyclic) bond motifs is 1. The number of nitrogens with one attached hydrogen (secondary N) is 1. The molecule has 0 fully saturated rings. The zero-order valence-electron chi connectivity index (χ0n) is 9.90. The Hall–Kier alpha value is -2.43. The van der Waals surface area contributed by atoms with Crippen molar-refractivity contribution in [2.45, 2.75) is 13.8 Å². The van der Waals surface area contributed by atoms with Gasteiger partial charge in [0.15, 0.2) is 0 Å². The normalized spacial score (nSPS) is 13.7. The fraction of sp³-hybridized carbons (Fsp3) is 0.154. The van der Waals surface area contributed by atoms with Crippen LogP contribution in [0.25, 0.3) is 11.5 Å². The molecule has 0 saturated heterocycles. The molecule has 18 heavy (non-hydrogen) atoms. The predicted molar refractivity (Wildman–Crippen MR) is 63.2 cm³/mol.